The summed E-state index contributed by atoms with van der Waals surface area (Å²) in [6, 6.07) is 0. The van der Waals surface area contributed by atoms with E-state index in [0.717, 1.165) is 17.1 Å². The molecular formula is C8H11NO2S. The molecule has 1 saturated heterocycles. The highest BCUT2D eigenvalue weighted by molar-refractivity contribution is 7.09. The Kier molecular flexibility index (Phi) is 2.39. The first-order chi connectivity index (χ1) is 5.90. The van der Waals surface area contributed by atoms with E-state index >= 15 is 0 Å². The molecule has 1 aliphatic heterocycles. The SMILES string of the molecule is CCc1nc(C2OCCO2)cs1. The first-order valence-electron chi connectivity index (χ1n) is 4.07. The summed E-state index contributed by atoms with van der Waals surface area (Å²) in [5.74, 6) is 0. The summed E-state index contributed by atoms with van der Waals surface area (Å²) in [5, 5.41) is 3.15. The molecule has 0 N–H and O–H groups in total. The van der Waals surface area contributed by atoms with Crippen molar-refractivity contribution in [2.75, 3.05) is 13.2 Å². The van der Waals surface area contributed by atoms with Crippen molar-refractivity contribution in [3.63, 3.8) is 0 Å². The van der Waals surface area contributed by atoms with Crippen LogP contribution in [-0.2, 0) is 15.9 Å². The van der Waals surface area contributed by atoms with E-state index in [-0.39, 0.29) is 6.29 Å². The number of nitrogens with zero attached hydrogens (tertiary/aromatic N) is 1. The van der Waals surface area contributed by atoms with E-state index in [1.54, 1.807) is 11.3 Å². The van der Waals surface area contributed by atoms with Gasteiger partial charge in [0.25, 0.3) is 0 Å². The molecule has 0 bridgehead atoms. The van der Waals surface area contributed by atoms with Crippen LogP contribution in [0.25, 0.3) is 0 Å². The molecule has 1 aromatic rings. The molecule has 2 rings (SSSR count). The van der Waals surface area contributed by atoms with E-state index in [9.17, 15) is 0 Å². The van der Waals surface area contributed by atoms with Crippen LogP contribution in [0, 0.1) is 0 Å². The average Bonchev–Trinajstić information content (AvgIpc) is 2.75. The van der Waals surface area contributed by atoms with Crippen molar-refractivity contribution >= 4 is 11.3 Å². The average molecular weight is 185 g/mol. The van der Waals surface area contributed by atoms with Crippen LogP contribution < -0.4 is 0 Å². The van der Waals surface area contributed by atoms with Crippen LogP contribution >= 0.6 is 11.3 Å². The van der Waals surface area contributed by atoms with Crippen LogP contribution in [0.5, 0.6) is 0 Å². The van der Waals surface area contributed by atoms with Gasteiger partial charge in [0, 0.05) is 5.38 Å². The van der Waals surface area contributed by atoms with Crippen LogP contribution in [0.4, 0.5) is 0 Å². The highest BCUT2D eigenvalue weighted by Gasteiger charge is 2.20. The molecule has 0 spiro atoms. The summed E-state index contributed by atoms with van der Waals surface area (Å²) in [5.41, 5.74) is 0.925. The Balaban J connectivity index is 2.11. The van der Waals surface area contributed by atoms with Gasteiger partial charge in [0.15, 0.2) is 0 Å². The van der Waals surface area contributed by atoms with Crippen LogP contribution in [0.2, 0.25) is 0 Å². The van der Waals surface area contributed by atoms with Crippen LogP contribution in [0.3, 0.4) is 0 Å². The highest BCUT2D eigenvalue weighted by atomic mass is 32.1. The first-order valence-corrected chi connectivity index (χ1v) is 4.95. The fourth-order valence-corrected chi connectivity index (χ4v) is 1.87. The Morgan fingerprint density at radius 3 is 2.92 bits per heavy atom. The molecule has 0 aromatic carbocycles. The maximum absolute atomic E-state index is 5.32. The summed E-state index contributed by atoms with van der Waals surface area (Å²) < 4.78 is 10.6. The van der Waals surface area contributed by atoms with Gasteiger partial charge in [-0.3, -0.25) is 0 Å². The molecule has 1 aromatic heterocycles. The Hall–Kier alpha value is -0.450. The number of ether oxygens (including phenoxy) is 2. The maximum atomic E-state index is 5.32. The molecule has 0 atom stereocenters. The lowest BCUT2D eigenvalue weighted by atomic mass is 10.4. The van der Waals surface area contributed by atoms with Crippen molar-refractivity contribution in [3.05, 3.63) is 16.1 Å². The second-order valence-electron chi connectivity index (χ2n) is 2.59. The third-order valence-corrected chi connectivity index (χ3v) is 2.75. The van der Waals surface area contributed by atoms with Crippen LogP contribution in [-0.4, -0.2) is 18.2 Å². The Labute approximate surface area is 75.3 Å². The molecule has 12 heavy (non-hydrogen) atoms. The zero-order valence-electron chi connectivity index (χ0n) is 6.95. The summed E-state index contributed by atoms with van der Waals surface area (Å²) >= 11 is 1.67. The van der Waals surface area contributed by atoms with Gasteiger partial charge in [-0.05, 0) is 6.42 Å². The molecule has 1 fully saturated rings. The van der Waals surface area contributed by atoms with Crippen LogP contribution in [0.15, 0.2) is 5.38 Å². The van der Waals surface area contributed by atoms with Crippen molar-refractivity contribution in [1.29, 1.82) is 0 Å². The molecule has 1 aliphatic rings. The molecule has 0 radical (unpaired) electrons. The van der Waals surface area contributed by atoms with Gasteiger partial charge in [0.2, 0.25) is 6.29 Å². The minimum absolute atomic E-state index is 0.207. The third-order valence-electron chi connectivity index (χ3n) is 1.74. The van der Waals surface area contributed by atoms with Crippen molar-refractivity contribution < 1.29 is 9.47 Å². The minimum Gasteiger partial charge on any atom is -0.345 e. The summed E-state index contributed by atoms with van der Waals surface area (Å²) in [6.45, 7) is 3.46. The van der Waals surface area contributed by atoms with E-state index in [1.807, 2.05) is 5.38 Å². The minimum atomic E-state index is -0.207. The molecular weight excluding hydrogens is 174 g/mol. The second kappa shape index (κ2) is 3.51. The van der Waals surface area contributed by atoms with E-state index in [4.69, 9.17) is 9.47 Å². The Morgan fingerprint density at radius 1 is 1.58 bits per heavy atom. The zero-order chi connectivity index (χ0) is 8.39. The van der Waals surface area contributed by atoms with Gasteiger partial charge in [-0.15, -0.1) is 11.3 Å². The van der Waals surface area contributed by atoms with Crippen LogP contribution in [0.1, 0.15) is 23.9 Å². The van der Waals surface area contributed by atoms with E-state index in [1.165, 1.54) is 0 Å². The number of thiazole rings is 1. The van der Waals surface area contributed by atoms with E-state index in [2.05, 4.69) is 11.9 Å². The number of hydrogen-bond acceptors (Lipinski definition) is 4. The van der Waals surface area contributed by atoms with Gasteiger partial charge in [-0.2, -0.15) is 0 Å². The first kappa shape index (κ1) is 8.16. The molecule has 0 aliphatic carbocycles. The lowest BCUT2D eigenvalue weighted by molar-refractivity contribution is -0.0469. The molecule has 0 amide bonds. The van der Waals surface area contributed by atoms with Crippen molar-refractivity contribution in [3.8, 4) is 0 Å². The van der Waals surface area contributed by atoms with Crippen molar-refractivity contribution in [2.45, 2.75) is 19.6 Å². The topological polar surface area (TPSA) is 31.4 Å². The smallest absolute Gasteiger partial charge is 0.202 e. The Bertz CT molecular complexity index is 255. The predicted octanol–water partition coefficient (Wildman–Crippen LogP) is 1.75. The largest absolute Gasteiger partial charge is 0.345 e. The van der Waals surface area contributed by atoms with E-state index in [0.29, 0.717) is 13.2 Å². The van der Waals surface area contributed by atoms with E-state index < -0.39 is 0 Å². The highest BCUT2D eigenvalue weighted by Crippen LogP contribution is 2.24. The molecule has 0 unspecified atom stereocenters. The number of aromatic nitrogens is 1. The predicted molar refractivity (Wildman–Crippen MR) is 46.1 cm³/mol. The summed E-state index contributed by atoms with van der Waals surface area (Å²) in [7, 11) is 0. The van der Waals surface area contributed by atoms with Gasteiger partial charge < -0.3 is 9.47 Å². The van der Waals surface area contributed by atoms with Crippen molar-refractivity contribution in [1.82, 2.24) is 4.98 Å². The molecule has 2 heterocycles. The fraction of sp³-hybridized carbons (Fsp3) is 0.625. The lowest BCUT2D eigenvalue weighted by Gasteiger charge is -2.03. The number of rotatable bonds is 2. The molecule has 3 nitrogen and oxygen atoms in total. The molecule has 4 heteroatoms. The number of aryl methyl sites for hydroxylation is 1. The number of hydrogen-bond donors (Lipinski definition) is 0. The quantitative estimate of drug-likeness (QED) is 0.703. The van der Waals surface area contributed by atoms with Gasteiger partial charge in [-0.1, -0.05) is 6.92 Å². The second-order valence-corrected chi connectivity index (χ2v) is 3.54. The third kappa shape index (κ3) is 1.50. The fourth-order valence-electron chi connectivity index (χ4n) is 1.12. The zero-order valence-corrected chi connectivity index (χ0v) is 7.76. The lowest BCUT2D eigenvalue weighted by Crippen LogP contribution is -1.98. The van der Waals surface area contributed by atoms with Crippen molar-refractivity contribution in [2.24, 2.45) is 0 Å². The monoisotopic (exact) mass is 185 g/mol. The van der Waals surface area contributed by atoms with Gasteiger partial charge in [-0.25, -0.2) is 4.98 Å². The maximum Gasteiger partial charge on any atom is 0.202 e. The van der Waals surface area contributed by atoms with Gasteiger partial charge in [0.1, 0.15) is 5.69 Å². The molecule has 0 saturated carbocycles. The molecule has 66 valence electrons. The van der Waals surface area contributed by atoms with Gasteiger partial charge in [0.05, 0.1) is 18.2 Å². The normalized spacial score (nSPS) is 18.8. The Morgan fingerprint density at radius 2 is 2.33 bits per heavy atom. The summed E-state index contributed by atoms with van der Waals surface area (Å²) in [4.78, 5) is 4.38. The van der Waals surface area contributed by atoms with Gasteiger partial charge >= 0.3 is 0 Å². The summed E-state index contributed by atoms with van der Waals surface area (Å²) in [6.07, 6.45) is 0.777. The standard InChI is InChI=1S/C8H11NO2S/c1-2-7-9-6(5-12-7)8-10-3-4-11-8/h5,8H,2-4H2,1H3.